The summed E-state index contributed by atoms with van der Waals surface area (Å²) >= 11 is 0. The van der Waals surface area contributed by atoms with Gasteiger partial charge < -0.3 is 10.6 Å². The molecule has 1 saturated heterocycles. The predicted molar refractivity (Wildman–Crippen MR) is 74.2 cm³/mol. The molecule has 98 valence electrons. The van der Waals surface area contributed by atoms with E-state index in [-0.39, 0.29) is 5.78 Å². The molecule has 0 radical (unpaired) electrons. The Morgan fingerprint density at radius 1 is 1.28 bits per heavy atom. The topological polar surface area (TPSA) is 44.4 Å². The Hall–Kier alpha value is -1.39. The third-order valence-corrected chi connectivity index (χ3v) is 3.26. The van der Waals surface area contributed by atoms with Crippen molar-refractivity contribution < 1.29 is 4.79 Å². The molecule has 1 fully saturated rings. The van der Waals surface area contributed by atoms with Crippen LogP contribution in [0.2, 0.25) is 0 Å². The molecule has 0 bridgehead atoms. The lowest BCUT2D eigenvalue weighted by molar-refractivity contribution is 0.101. The van der Waals surface area contributed by atoms with Crippen LogP contribution in [0.5, 0.6) is 0 Å². The monoisotopic (exact) mass is 247 g/mol. The fraction of sp³-hybridized carbons (Fsp3) is 0.500. The van der Waals surface area contributed by atoms with Crippen molar-refractivity contribution in [3.63, 3.8) is 0 Å². The van der Waals surface area contributed by atoms with Crippen LogP contribution in [-0.2, 0) is 0 Å². The van der Waals surface area contributed by atoms with Crippen molar-refractivity contribution in [1.82, 2.24) is 10.2 Å². The summed E-state index contributed by atoms with van der Waals surface area (Å²) in [6.07, 6.45) is 0. The van der Waals surface area contributed by atoms with Crippen molar-refractivity contribution >= 4 is 11.5 Å². The van der Waals surface area contributed by atoms with Crippen molar-refractivity contribution in [3.8, 4) is 0 Å². The maximum atomic E-state index is 11.1. The number of Topliss-reactive ketones (excluding diaryl/α,β-unsaturated/α-hetero) is 1. The van der Waals surface area contributed by atoms with Crippen LogP contribution in [0.4, 0.5) is 5.69 Å². The molecule has 1 aromatic rings. The summed E-state index contributed by atoms with van der Waals surface area (Å²) in [7, 11) is 0. The molecule has 2 rings (SSSR count). The van der Waals surface area contributed by atoms with Crippen molar-refractivity contribution in [2.75, 3.05) is 44.6 Å². The fourth-order valence-electron chi connectivity index (χ4n) is 2.12. The molecule has 1 heterocycles. The first-order chi connectivity index (χ1) is 8.75. The van der Waals surface area contributed by atoms with E-state index in [4.69, 9.17) is 0 Å². The van der Waals surface area contributed by atoms with E-state index >= 15 is 0 Å². The highest BCUT2D eigenvalue weighted by Crippen LogP contribution is 2.09. The molecule has 0 amide bonds. The Morgan fingerprint density at radius 3 is 2.56 bits per heavy atom. The molecule has 0 unspecified atom stereocenters. The summed E-state index contributed by atoms with van der Waals surface area (Å²) in [4.78, 5) is 13.6. The van der Waals surface area contributed by atoms with Crippen LogP contribution < -0.4 is 10.6 Å². The molecule has 0 saturated carbocycles. The van der Waals surface area contributed by atoms with E-state index in [1.165, 1.54) is 0 Å². The molecule has 2 N–H and O–H groups in total. The second-order valence-electron chi connectivity index (χ2n) is 4.65. The van der Waals surface area contributed by atoms with Gasteiger partial charge in [-0.2, -0.15) is 0 Å². The van der Waals surface area contributed by atoms with Gasteiger partial charge in [-0.15, -0.1) is 0 Å². The van der Waals surface area contributed by atoms with Crippen LogP contribution in [0.1, 0.15) is 17.3 Å². The molecule has 4 nitrogen and oxygen atoms in total. The molecule has 1 aliphatic heterocycles. The van der Waals surface area contributed by atoms with Gasteiger partial charge in [0.05, 0.1) is 0 Å². The molecule has 0 atom stereocenters. The highest BCUT2D eigenvalue weighted by atomic mass is 16.1. The number of anilines is 1. The number of rotatable bonds is 5. The summed E-state index contributed by atoms with van der Waals surface area (Å²) in [6, 6.07) is 7.67. The van der Waals surface area contributed by atoms with Gasteiger partial charge in [-0.1, -0.05) is 0 Å². The molecule has 4 heteroatoms. The fourth-order valence-corrected chi connectivity index (χ4v) is 2.12. The summed E-state index contributed by atoms with van der Waals surface area (Å²) in [5.74, 6) is 0.113. The number of piperazine rings is 1. The minimum Gasteiger partial charge on any atom is -0.384 e. The van der Waals surface area contributed by atoms with E-state index in [9.17, 15) is 4.79 Å². The average molecular weight is 247 g/mol. The SMILES string of the molecule is CC(=O)c1ccc(NCCN2CCNCC2)cc1. The quantitative estimate of drug-likeness (QED) is 0.768. The Morgan fingerprint density at radius 2 is 1.94 bits per heavy atom. The summed E-state index contributed by atoms with van der Waals surface area (Å²) in [5, 5.41) is 6.73. The largest absolute Gasteiger partial charge is 0.384 e. The first-order valence-corrected chi connectivity index (χ1v) is 6.53. The number of nitrogens with zero attached hydrogens (tertiary/aromatic N) is 1. The van der Waals surface area contributed by atoms with Gasteiger partial charge in [-0.25, -0.2) is 0 Å². The Kier molecular flexibility index (Phi) is 4.73. The maximum Gasteiger partial charge on any atom is 0.159 e. The lowest BCUT2D eigenvalue weighted by atomic mass is 10.1. The minimum absolute atomic E-state index is 0.113. The molecular weight excluding hydrogens is 226 g/mol. The Bertz CT molecular complexity index is 383. The predicted octanol–water partition coefficient (Wildman–Crippen LogP) is 1.21. The van der Waals surface area contributed by atoms with Gasteiger partial charge in [0.15, 0.2) is 5.78 Å². The summed E-state index contributed by atoms with van der Waals surface area (Å²) in [5.41, 5.74) is 1.85. The van der Waals surface area contributed by atoms with Crippen LogP contribution in [0, 0.1) is 0 Å². The molecule has 0 aromatic heterocycles. The lowest BCUT2D eigenvalue weighted by Gasteiger charge is -2.27. The molecule has 1 aliphatic rings. The zero-order chi connectivity index (χ0) is 12.8. The highest BCUT2D eigenvalue weighted by Gasteiger charge is 2.08. The number of nitrogens with one attached hydrogen (secondary N) is 2. The van der Waals surface area contributed by atoms with Crippen LogP contribution in [0.3, 0.4) is 0 Å². The smallest absolute Gasteiger partial charge is 0.159 e. The number of carbonyl (C=O) groups excluding carboxylic acids is 1. The van der Waals surface area contributed by atoms with E-state index in [0.717, 1.165) is 50.5 Å². The van der Waals surface area contributed by atoms with Crippen LogP contribution in [0.15, 0.2) is 24.3 Å². The average Bonchev–Trinajstić information content (AvgIpc) is 2.40. The second-order valence-corrected chi connectivity index (χ2v) is 4.65. The van der Waals surface area contributed by atoms with E-state index in [1.807, 2.05) is 24.3 Å². The van der Waals surface area contributed by atoms with Crippen LogP contribution in [-0.4, -0.2) is 50.0 Å². The highest BCUT2D eigenvalue weighted by molar-refractivity contribution is 5.94. The summed E-state index contributed by atoms with van der Waals surface area (Å²) < 4.78 is 0. The molecular formula is C14H21N3O. The number of carbonyl (C=O) groups is 1. The number of benzene rings is 1. The number of hydrogen-bond donors (Lipinski definition) is 2. The Labute approximate surface area is 108 Å². The van der Waals surface area contributed by atoms with E-state index in [2.05, 4.69) is 15.5 Å². The maximum absolute atomic E-state index is 11.1. The normalized spacial score (nSPS) is 16.5. The van der Waals surface area contributed by atoms with Crippen molar-refractivity contribution in [1.29, 1.82) is 0 Å². The van der Waals surface area contributed by atoms with Gasteiger partial charge >= 0.3 is 0 Å². The first-order valence-electron chi connectivity index (χ1n) is 6.53. The lowest BCUT2D eigenvalue weighted by Crippen LogP contribution is -2.45. The molecule has 0 spiro atoms. The third-order valence-electron chi connectivity index (χ3n) is 3.26. The van der Waals surface area contributed by atoms with Crippen molar-refractivity contribution in [3.05, 3.63) is 29.8 Å². The molecule has 18 heavy (non-hydrogen) atoms. The zero-order valence-corrected chi connectivity index (χ0v) is 10.9. The van der Waals surface area contributed by atoms with Gasteiger partial charge in [0, 0.05) is 50.5 Å². The molecule has 0 aliphatic carbocycles. The van der Waals surface area contributed by atoms with Crippen LogP contribution in [0.25, 0.3) is 0 Å². The third kappa shape index (κ3) is 3.82. The van der Waals surface area contributed by atoms with Gasteiger partial charge in [-0.3, -0.25) is 9.69 Å². The van der Waals surface area contributed by atoms with E-state index in [0.29, 0.717) is 0 Å². The van der Waals surface area contributed by atoms with Crippen molar-refractivity contribution in [2.45, 2.75) is 6.92 Å². The van der Waals surface area contributed by atoms with Gasteiger partial charge in [0.1, 0.15) is 0 Å². The standard InChI is InChI=1S/C14H21N3O/c1-12(18)13-2-4-14(5-3-13)16-8-11-17-9-6-15-7-10-17/h2-5,15-16H,6-11H2,1H3. The summed E-state index contributed by atoms with van der Waals surface area (Å²) in [6.45, 7) is 8.04. The van der Waals surface area contributed by atoms with E-state index < -0.39 is 0 Å². The minimum atomic E-state index is 0.113. The van der Waals surface area contributed by atoms with Crippen molar-refractivity contribution in [2.24, 2.45) is 0 Å². The number of ketones is 1. The number of hydrogen-bond acceptors (Lipinski definition) is 4. The van der Waals surface area contributed by atoms with E-state index in [1.54, 1.807) is 6.92 Å². The van der Waals surface area contributed by atoms with Crippen LogP contribution >= 0.6 is 0 Å². The Balaban J connectivity index is 1.74. The first kappa shape index (κ1) is 13.1. The zero-order valence-electron chi connectivity index (χ0n) is 10.9. The van der Waals surface area contributed by atoms with Gasteiger partial charge in [0.2, 0.25) is 0 Å². The van der Waals surface area contributed by atoms with Gasteiger partial charge in [0.25, 0.3) is 0 Å². The second kappa shape index (κ2) is 6.52. The van der Waals surface area contributed by atoms with Gasteiger partial charge in [-0.05, 0) is 31.2 Å². The molecule has 1 aromatic carbocycles.